The summed E-state index contributed by atoms with van der Waals surface area (Å²) < 4.78 is 6.53. The Kier molecular flexibility index (Phi) is 5.99. The van der Waals surface area contributed by atoms with E-state index in [1.54, 1.807) is 0 Å². The molecule has 162 valence electrons. The van der Waals surface area contributed by atoms with Crippen LogP contribution in [-0.2, 0) is 4.74 Å². The lowest BCUT2D eigenvalue weighted by Gasteiger charge is -2.60. The van der Waals surface area contributed by atoms with Crippen LogP contribution in [0.2, 0.25) is 0 Å². The van der Waals surface area contributed by atoms with Crippen molar-refractivity contribution in [3.8, 4) is 0 Å². The lowest BCUT2D eigenvalue weighted by molar-refractivity contribution is -0.171. The number of aliphatic hydroxyl groups is 2. The van der Waals surface area contributed by atoms with E-state index < -0.39 is 0 Å². The van der Waals surface area contributed by atoms with Crippen LogP contribution in [0.3, 0.4) is 0 Å². The topological polar surface area (TPSA) is 52.9 Å². The molecule has 0 saturated heterocycles. The smallest absolute Gasteiger partial charge is 0.120 e. The normalized spacial score (nSPS) is 52.1. The van der Waals surface area contributed by atoms with E-state index in [0.29, 0.717) is 23.2 Å². The molecule has 28 heavy (non-hydrogen) atoms. The third kappa shape index (κ3) is 3.32. The number of hydrogen-bond acceptors (Lipinski definition) is 4. The summed E-state index contributed by atoms with van der Waals surface area (Å²) >= 11 is 3.59. The van der Waals surface area contributed by atoms with Crippen molar-refractivity contribution in [2.75, 3.05) is 19.4 Å². The van der Waals surface area contributed by atoms with Gasteiger partial charge < -0.3 is 14.9 Å². The van der Waals surface area contributed by atoms with E-state index in [9.17, 15) is 10.2 Å². The quantitative estimate of drug-likeness (QED) is 0.494. The van der Waals surface area contributed by atoms with Crippen LogP contribution < -0.4 is 0 Å². The minimum atomic E-state index is -0.353. The maximum absolute atomic E-state index is 11.0. The van der Waals surface area contributed by atoms with Gasteiger partial charge in [-0.25, -0.2) is 0 Å². The minimum Gasteiger partial charge on any atom is -0.393 e. The first-order valence-corrected chi connectivity index (χ1v) is 12.6. The van der Waals surface area contributed by atoms with Gasteiger partial charge >= 0.3 is 0 Å². The fraction of sp³-hybridized carbons (Fsp3) is 1.00. The summed E-state index contributed by atoms with van der Waals surface area (Å²) in [5.41, 5.74) is 0.462. The predicted molar refractivity (Wildman–Crippen MR) is 115 cm³/mol. The second kappa shape index (κ2) is 7.78. The number of aliphatic hydroxyl groups excluding tert-OH is 2. The molecule has 0 amide bonds. The zero-order valence-corrected chi connectivity index (χ0v) is 19.7. The molecule has 0 spiro atoms. The lowest BCUT2D eigenvalue weighted by atomic mass is 9.45. The Morgan fingerprint density at radius 2 is 1.71 bits per heavy atom. The van der Waals surface area contributed by atoms with Gasteiger partial charge in [-0.2, -0.15) is 0 Å². The van der Waals surface area contributed by atoms with Crippen molar-refractivity contribution in [2.24, 2.45) is 34.5 Å². The van der Waals surface area contributed by atoms with Gasteiger partial charge in [0.2, 0.25) is 0 Å². The Hall–Kier alpha value is 0.320. The summed E-state index contributed by atoms with van der Waals surface area (Å²) in [5.74, 6) is 2.71. The number of alkyl halides is 1. The van der Waals surface area contributed by atoms with Crippen LogP contribution in [0.15, 0.2) is 0 Å². The zero-order valence-electron chi connectivity index (χ0n) is 18.1. The van der Waals surface area contributed by atoms with Crippen molar-refractivity contribution < 1.29 is 14.9 Å². The fourth-order valence-corrected chi connectivity index (χ4v) is 8.65. The molecule has 5 unspecified atom stereocenters. The number of hydrogen-bond donors (Lipinski definition) is 2. The average Bonchev–Trinajstić information content (AvgIpc) is 2.90. The monoisotopic (exact) mass is 457 g/mol. The predicted octanol–water partition coefficient (Wildman–Crippen LogP) is 4.03. The summed E-state index contributed by atoms with van der Waals surface area (Å²) in [6.07, 6.45) is 8.50. The van der Waals surface area contributed by atoms with Gasteiger partial charge in [0, 0.05) is 5.33 Å². The summed E-state index contributed by atoms with van der Waals surface area (Å²) in [6.45, 7) is 4.92. The van der Waals surface area contributed by atoms with Gasteiger partial charge in [0.25, 0.3) is 0 Å². The van der Waals surface area contributed by atoms with Crippen molar-refractivity contribution in [3.05, 3.63) is 0 Å². The van der Waals surface area contributed by atoms with Gasteiger partial charge in [-0.05, 0) is 100.0 Å². The molecule has 0 heterocycles. The standard InChI is InChI=1S/C23H40BrNO3/c1-22-9-7-15(26)11-14(22)5-6-16-17(22)8-10-23(2)18(16)12-19(27)21(23)28-20(13-24)25(3)4/h14-21,26-27H,5-13H2,1-4H3/t14?,15?,16-,17-,18+,19?,20?,21?,22+,23+/m1/s1. The molecule has 2 N–H and O–H groups in total. The molecule has 5 heteroatoms. The summed E-state index contributed by atoms with van der Waals surface area (Å²) in [4.78, 5) is 2.10. The number of halogens is 1. The maximum atomic E-state index is 11.0. The molecule has 4 nitrogen and oxygen atoms in total. The van der Waals surface area contributed by atoms with E-state index in [2.05, 4.69) is 34.7 Å². The van der Waals surface area contributed by atoms with Gasteiger partial charge in [0.05, 0.1) is 18.3 Å². The molecule has 4 aliphatic rings. The zero-order chi connectivity index (χ0) is 20.3. The molecule has 4 rings (SSSR count). The van der Waals surface area contributed by atoms with Crippen LogP contribution >= 0.6 is 15.9 Å². The Labute approximate surface area is 179 Å². The largest absolute Gasteiger partial charge is 0.393 e. The van der Waals surface area contributed by atoms with E-state index in [-0.39, 0.29) is 30.0 Å². The molecule has 0 aromatic rings. The van der Waals surface area contributed by atoms with E-state index in [1.807, 2.05) is 14.1 Å². The van der Waals surface area contributed by atoms with Crippen LogP contribution in [0.5, 0.6) is 0 Å². The van der Waals surface area contributed by atoms with Gasteiger partial charge in [-0.3, -0.25) is 4.90 Å². The van der Waals surface area contributed by atoms with Crippen molar-refractivity contribution in [1.82, 2.24) is 4.90 Å². The number of rotatable bonds is 4. The Morgan fingerprint density at radius 3 is 2.39 bits per heavy atom. The van der Waals surface area contributed by atoms with Crippen LogP contribution in [0, 0.1) is 34.5 Å². The van der Waals surface area contributed by atoms with Crippen molar-refractivity contribution in [2.45, 2.75) is 89.8 Å². The summed E-state index contributed by atoms with van der Waals surface area (Å²) in [6, 6.07) is 0. The van der Waals surface area contributed by atoms with Crippen molar-refractivity contribution >= 4 is 15.9 Å². The van der Waals surface area contributed by atoms with E-state index in [4.69, 9.17) is 4.74 Å². The third-order valence-corrected chi connectivity index (χ3v) is 10.1. The molecule has 0 aliphatic heterocycles. The highest BCUT2D eigenvalue weighted by molar-refractivity contribution is 9.09. The SMILES string of the molecule is CN(C)C(CBr)OC1C(O)C[C@H]2[C@@H]3CCC4CC(O)CC[C@]4(C)[C@@H]3CC[C@]12C. The van der Waals surface area contributed by atoms with Gasteiger partial charge in [0.15, 0.2) is 0 Å². The van der Waals surface area contributed by atoms with Crippen molar-refractivity contribution in [1.29, 1.82) is 0 Å². The second-order valence-electron chi connectivity index (χ2n) is 11.1. The molecule has 10 atom stereocenters. The average molecular weight is 458 g/mol. The number of ether oxygens (including phenoxy) is 1. The van der Waals surface area contributed by atoms with Crippen LogP contribution in [-0.4, -0.2) is 59.1 Å². The molecule has 4 saturated carbocycles. The van der Waals surface area contributed by atoms with Crippen molar-refractivity contribution in [3.63, 3.8) is 0 Å². The minimum absolute atomic E-state index is 0.000958. The van der Waals surface area contributed by atoms with Gasteiger partial charge in [0.1, 0.15) is 6.23 Å². The lowest BCUT2D eigenvalue weighted by Crippen LogP contribution is -2.55. The second-order valence-corrected chi connectivity index (χ2v) is 11.7. The van der Waals surface area contributed by atoms with Crippen LogP contribution in [0.1, 0.15) is 65.2 Å². The molecule has 0 aromatic carbocycles. The van der Waals surface area contributed by atoms with Crippen LogP contribution in [0.4, 0.5) is 0 Å². The fourth-order valence-electron chi connectivity index (χ4n) is 7.92. The molecular formula is C23H40BrNO3. The van der Waals surface area contributed by atoms with Gasteiger partial charge in [-0.15, -0.1) is 0 Å². The molecule has 4 aliphatic carbocycles. The first kappa shape index (κ1) is 21.5. The number of nitrogens with zero attached hydrogens (tertiary/aromatic N) is 1. The molecule has 0 aromatic heterocycles. The highest BCUT2D eigenvalue weighted by Gasteiger charge is 2.62. The highest BCUT2D eigenvalue weighted by Crippen LogP contribution is 2.66. The first-order chi connectivity index (χ1) is 13.2. The van der Waals surface area contributed by atoms with Crippen LogP contribution in [0.25, 0.3) is 0 Å². The van der Waals surface area contributed by atoms with E-state index >= 15 is 0 Å². The molecular weight excluding hydrogens is 418 g/mol. The highest BCUT2D eigenvalue weighted by atomic mass is 79.9. The molecule has 4 fully saturated rings. The van der Waals surface area contributed by atoms with E-state index in [0.717, 1.165) is 36.9 Å². The summed E-state index contributed by atoms with van der Waals surface area (Å²) in [7, 11) is 4.09. The molecule has 0 radical (unpaired) electrons. The molecule has 0 bridgehead atoms. The maximum Gasteiger partial charge on any atom is 0.120 e. The van der Waals surface area contributed by atoms with Gasteiger partial charge in [-0.1, -0.05) is 29.8 Å². The number of fused-ring (bicyclic) bond motifs is 5. The van der Waals surface area contributed by atoms with E-state index in [1.165, 1.54) is 25.7 Å². The third-order valence-electron chi connectivity index (χ3n) is 9.58. The first-order valence-electron chi connectivity index (χ1n) is 11.4. The Balaban J connectivity index is 1.56. The Morgan fingerprint density at radius 1 is 1.00 bits per heavy atom. The Bertz CT molecular complexity index is 574. The summed E-state index contributed by atoms with van der Waals surface area (Å²) in [5, 5.41) is 22.0.